The van der Waals surface area contributed by atoms with Crippen molar-refractivity contribution in [3.63, 3.8) is 0 Å². The third-order valence-electron chi connectivity index (χ3n) is 6.64. The summed E-state index contributed by atoms with van der Waals surface area (Å²) in [5.74, 6) is 0.419. The molecule has 0 spiro atoms. The fourth-order valence-corrected chi connectivity index (χ4v) is 4.69. The molecule has 0 aliphatic heterocycles. The number of ether oxygens (including phenoxy) is 4. The summed E-state index contributed by atoms with van der Waals surface area (Å²) in [5.41, 5.74) is 2.12. The maximum atomic E-state index is 13.1. The zero-order valence-corrected chi connectivity index (χ0v) is 22.3. The van der Waals surface area contributed by atoms with Crippen LogP contribution in [0.15, 0.2) is 103 Å². The van der Waals surface area contributed by atoms with Crippen LogP contribution in [0.3, 0.4) is 0 Å². The number of rotatable bonds is 12. The number of benzene rings is 5. The number of fused-ring (bicyclic) bond motifs is 2. The highest BCUT2D eigenvalue weighted by atomic mass is 16.7. The lowest BCUT2D eigenvalue weighted by Gasteiger charge is -2.19. The van der Waals surface area contributed by atoms with E-state index < -0.39 is 5.97 Å². The van der Waals surface area contributed by atoms with E-state index in [1.807, 2.05) is 72.8 Å². The van der Waals surface area contributed by atoms with Crippen LogP contribution in [-0.4, -0.2) is 38.9 Å². The summed E-state index contributed by atoms with van der Waals surface area (Å²) in [7, 11) is 1.62. The van der Waals surface area contributed by atoms with Crippen LogP contribution >= 0.6 is 0 Å². The smallest absolute Gasteiger partial charge is 0.311 e. The summed E-state index contributed by atoms with van der Waals surface area (Å²) in [5, 5.41) is 3.87. The van der Waals surface area contributed by atoms with Gasteiger partial charge in [0.2, 0.25) is 0 Å². The third-order valence-corrected chi connectivity index (χ3v) is 6.64. The Labute approximate surface area is 233 Å². The van der Waals surface area contributed by atoms with Gasteiger partial charge in [-0.05, 0) is 33.7 Å². The number of carbonyl (C=O) groups excluding carboxylic acids is 2. The lowest BCUT2D eigenvalue weighted by atomic mass is 9.92. The van der Waals surface area contributed by atoms with Crippen LogP contribution in [0, 0.1) is 0 Å². The summed E-state index contributed by atoms with van der Waals surface area (Å²) in [6.45, 7) is 0.901. The van der Waals surface area contributed by atoms with Gasteiger partial charge in [-0.25, -0.2) is 0 Å². The van der Waals surface area contributed by atoms with E-state index in [-0.39, 0.29) is 25.4 Å². The molecule has 0 aliphatic rings. The van der Waals surface area contributed by atoms with Gasteiger partial charge < -0.3 is 18.9 Å². The molecule has 0 saturated carbocycles. The molecule has 0 bridgehead atoms. The SMILES string of the molecule is COCCOCOc1ccc2ccccc2c1-c1c(OC(=O)CCC(=O)c2ccccc2)ccc2ccccc12. The molecule has 0 amide bonds. The fraction of sp³-hybridized carbons (Fsp3) is 0.176. The van der Waals surface area contributed by atoms with Crippen LogP contribution < -0.4 is 9.47 Å². The van der Waals surface area contributed by atoms with Crippen LogP contribution in [-0.2, 0) is 14.3 Å². The molecule has 6 heteroatoms. The van der Waals surface area contributed by atoms with Crippen molar-refractivity contribution in [2.24, 2.45) is 0 Å². The molecule has 0 unspecified atom stereocenters. The van der Waals surface area contributed by atoms with Crippen LogP contribution in [0.1, 0.15) is 23.2 Å². The molecule has 5 aromatic carbocycles. The summed E-state index contributed by atoms with van der Waals surface area (Å²) < 4.78 is 22.7. The minimum Gasteiger partial charge on any atom is -0.467 e. The first-order valence-electron chi connectivity index (χ1n) is 13.2. The van der Waals surface area contributed by atoms with Gasteiger partial charge in [0.05, 0.1) is 19.6 Å². The first kappa shape index (κ1) is 27.1. The summed E-state index contributed by atoms with van der Waals surface area (Å²) >= 11 is 0. The number of carbonyl (C=O) groups is 2. The van der Waals surface area contributed by atoms with Crippen molar-refractivity contribution in [2.75, 3.05) is 27.1 Å². The van der Waals surface area contributed by atoms with Gasteiger partial charge in [0, 0.05) is 30.2 Å². The molecule has 5 aromatic rings. The minimum absolute atomic E-state index is 0.0355. The molecule has 0 radical (unpaired) electrons. The summed E-state index contributed by atoms with van der Waals surface area (Å²) in [6, 6.07) is 32.5. The van der Waals surface area contributed by atoms with E-state index in [0.29, 0.717) is 30.3 Å². The van der Waals surface area contributed by atoms with E-state index >= 15 is 0 Å². The molecule has 6 nitrogen and oxygen atoms in total. The largest absolute Gasteiger partial charge is 0.467 e. The Morgan fingerprint density at radius 3 is 1.90 bits per heavy atom. The van der Waals surface area contributed by atoms with Crippen LogP contribution in [0.25, 0.3) is 32.7 Å². The van der Waals surface area contributed by atoms with Crippen molar-refractivity contribution in [1.29, 1.82) is 0 Å². The maximum absolute atomic E-state index is 13.1. The van der Waals surface area contributed by atoms with Crippen molar-refractivity contribution in [3.05, 3.63) is 109 Å². The van der Waals surface area contributed by atoms with Crippen LogP contribution in [0.2, 0.25) is 0 Å². The molecule has 0 aliphatic carbocycles. The minimum atomic E-state index is -0.480. The first-order chi connectivity index (χ1) is 19.7. The predicted octanol–water partition coefficient (Wildman–Crippen LogP) is 7.23. The van der Waals surface area contributed by atoms with Gasteiger partial charge in [-0.2, -0.15) is 0 Å². The van der Waals surface area contributed by atoms with Crippen molar-refractivity contribution in [2.45, 2.75) is 12.8 Å². The normalized spacial score (nSPS) is 11.0. The highest BCUT2D eigenvalue weighted by Gasteiger charge is 2.21. The van der Waals surface area contributed by atoms with Crippen molar-refractivity contribution in [3.8, 4) is 22.6 Å². The van der Waals surface area contributed by atoms with E-state index in [4.69, 9.17) is 18.9 Å². The highest BCUT2D eigenvalue weighted by molar-refractivity contribution is 6.10. The second-order valence-corrected chi connectivity index (χ2v) is 9.25. The Morgan fingerprint density at radius 1 is 0.625 bits per heavy atom. The predicted molar refractivity (Wildman–Crippen MR) is 156 cm³/mol. The molecular formula is C34H30O6. The van der Waals surface area contributed by atoms with E-state index in [1.165, 1.54) is 0 Å². The second-order valence-electron chi connectivity index (χ2n) is 9.25. The number of esters is 1. The van der Waals surface area contributed by atoms with Crippen LogP contribution in [0.5, 0.6) is 11.5 Å². The Balaban J connectivity index is 1.52. The number of hydrogen-bond donors (Lipinski definition) is 0. The van der Waals surface area contributed by atoms with E-state index in [9.17, 15) is 9.59 Å². The van der Waals surface area contributed by atoms with E-state index in [2.05, 4.69) is 0 Å². The van der Waals surface area contributed by atoms with Gasteiger partial charge in [-0.1, -0.05) is 91.0 Å². The first-order valence-corrected chi connectivity index (χ1v) is 13.2. The third kappa shape index (κ3) is 6.20. The lowest BCUT2D eigenvalue weighted by molar-refractivity contribution is -0.134. The van der Waals surface area contributed by atoms with Crippen molar-refractivity contribution in [1.82, 2.24) is 0 Å². The Hall–Kier alpha value is -4.52. The molecule has 0 aromatic heterocycles. The Bertz CT molecular complexity index is 1630. The number of ketones is 1. The standard InChI is InChI=1S/C34H30O6/c1-37-21-22-38-23-39-30-18-15-24-9-5-7-13-27(24)33(30)34-28-14-8-6-10-25(28)16-19-31(34)40-32(36)20-17-29(35)26-11-3-2-4-12-26/h2-16,18-19H,17,20-23H2,1H3. The van der Waals surface area contributed by atoms with E-state index in [1.54, 1.807) is 37.4 Å². The molecule has 202 valence electrons. The molecule has 0 saturated heterocycles. The highest BCUT2D eigenvalue weighted by Crippen LogP contribution is 2.45. The topological polar surface area (TPSA) is 71.1 Å². The average molecular weight is 535 g/mol. The summed E-state index contributed by atoms with van der Waals surface area (Å²) in [6.07, 6.45) is 0.0272. The van der Waals surface area contributed by atoms with Gasteiger partial charge in [0.1, 0.15) is 11.5 Å². The van der Waals surface area contributed by atoms with Crippen molar-refractivity contribution >= 4 is 33.3 Å². The van der Waals surface area contributed by atoms with Crippen molar-refractivity contribution < 1.29 is 28.5 Å². The number of Topliss-reactive ketones (excluding diaryl/α,β-unsaturated/α-hetero) is 1. The average Bonchev–Trinajstić information content (AvgIpc) is 3.00. The zero-order valence-electron chi connectivity index (χ0n) is 22.3. The molecular weight excluding hydrogens is 504 g/mol. The fourth-order valence-electron chi connectivity index (χ4n) is 4.69. The monoisotopic (exact) mass is 534 g/mol. The second kappa shape index (κ2) is 13.0. The molecule has 40 heavy (non-hydrogen) atoms. The Kier molecular flexibility index (Phi) is 8.81. The van der Waals surface area contributed by atoms with Gasteiger partial charge in [0.15, 0.2) is 12.6 Å². The Morgan fingerprint density at radius 2 is 1.23 bits per heavy atom. The number of hydrogen-bond acceptors (Lipinski definition) is 6. The van der Waals surface area contributed by atoms with Crippen LogP contribution in [0.4, 0.5) is 0 Å². The molecule has 5 rings (SSSR count). The number of methoxy groups -OCH3 is 1. The summed E-state index contributed by atoms with van der Waals surface area (Å²) in [4.78, 5) is 25.6. The van der Waals surface area contributed by atoms with Gasteiger partial charge >= 0.3 is 5.97 Å². The quantitative estimate of drug-likeness (QED) is 0.0553. The molecule has 0 heterocycles. The maximum Gasteiger partial charge on any atom is 0.311 e. The zero-order chi connectivity index (χ0) is 27.7. The van der Waals surface area contributed by atoms with Gasteiger partial charge in [0.25, 0.3) is 0 Å². The lowest BCUT2D eigenvalue weighted by Crippen LogP contribution is -2.12. The molecule has 0 N–H and O–H groups in total. The van der Waals surface area contributed by atoms with E-state index in [0.717, 1.165) is 32.7 Å². The van der Waals surface area contributed by atoms with Gasteiger partial charge in [-0.3, -0.25) is 9.59 Å². The molecule has 0 fully saturated rings. The molecule has 0 atom stereocenters. The van der Waals surface area contributed by atoms with Gasteiger partial charge in [-0.15, -0.1) is 0 Å².